The van der Waals surface area contributed by atoms with Gasteiger partial charge in [0.05, 0.1) is 0 Å². The lowest BCUT2D eigenvalue weighted by Crippen LogP contribution is -2.26. The Labute approximate surface area is 115 Å². The quantitative estimate of drug-likeness (QED) is 0.875. The first-order valence-corrected chi connectivity index (χ1v) is 6.39. The van der Waals surface area contributed by atoms with E-state index in [9.17, 15) is 13.2 Å². The van der Waals surface area contributed by atoms with Gasteiger partial charge in [-0.15, -0.1) is 0 Å². The Morgan fingerprint density at radius 3 is 2.40 bits per heavy atom. The van der Waals surface area contributed by atoms with E-state index in [0.717, 1.165) is 6.07 Å². The summed E-state index contributed by atoms with van der Waals surface area (Å²) in [5.41, 5.74) is 6.63. The molecule has 0 amide bonds. The second-order valence-electron chi connectivity index (χ2n) is 5.86. The van der Waals surface area contributed by atoms with Gasteiger partial charge in [0.2, 0.25) is 0 Å². The summed E-state index contributed by atoms with van der Waals surface area (Å²) in [5, 5.41) is 0.288. The summed E-state index contributed by atoms with van der Waals surface area (Å²) in [6, 6.07) is 2.74. The van der Waals surface area contributed by atoms with E-state index in [1.54, 1.807) is 13.0 Å². The molecule has 108 valence electrons. The van der Waals surface area contributed by atoms with E-state index in [4.69, 9.17) is 5.73 Å². The topological polar surface area (TPSA) is 38.9 Å². The Balaban J connectivity index is 2.62. The molecular formula is C15H17F3N2. The van der Waals surface area contributed by atoms with Crippen molar-refractivity contribution in [3.05, 3.63) is 40.8 Å². The van der Waals surface area contributed by atoms with E-state index in [-0.39, 0.29) is 16.3 Å². The van der Waals surface area contributed by atoms with E-state index in [0.29, 0.717) is 24.2 Å². The standard InChI is InChI=1S/C15H17F3N2/c1-8-4-9(6-15(2,3)7-19)20-14-10(8)5-11(16)12(17)13(14)18/h4-5H,6-7,19H2,1-3H3. The number of rotatable bonds is 3. The van der Waals surface area contributed by atoms with E-state index in [1.165, 1.54) is 0 Å². The summed E-state index contributed by atoms with van der Waals surface area (Å²) in [6.07, 6.45) is 0.540. The molecule has 0 aliphatic carbocycles. The van der Waals surface area contributed by atoms with Crippen molar-refractivity contribution >= 4 is 10.9 Å². The summed E-state index contributed by atoms with van der Waals surface area (Å²) in [6.45, 7) is 6.11. The van der Waals surface area contributed by atoms with Crippen LogP contribution in [0.5, 0.6) is 0 Å². The van der Waals surface area contributed by atoms with Crippen molar-refractivity contribution in [3.63, 3.8) is 0 Å². The minimum absolute atomic E-state index is 0.133. The number of benzene rings is 1. The molecule has 2 rings (SSSR count). The maximum absolute atomic E-state index is 13.8. The van der Waals surface area contributed by atoms with Crippen molar-refractivity contribution in [1.29, 1.82) is 0 Å². The molecule has 1 aromatic heterocycles. The molecule has 1 aromatic carbocycles. The fourth-order valence-corrected chi connectivity index (χ4v) is 2.15. The molecule has 0 aliphatic rings. The lowest BCUT2D eigenvalue weighted by molar-refractivity contribution is 0.372. The summed E-state index contributed by atoms with van der Waals surface area (Å²) in [4.78, 5) is 4.13. The second kappa shape index (κ2) is 5.05. The number of hydrogen-bond acceptors (Lipinski definition) is 2. The molecule has 0 aliphatic heterocycles. The lowest BCUT2D eigenvalue weighted by Gasteiger charge is -2.22. The summed E-state index contributed by atoms with van der Waals surface area (Å²) >= 11 is 0. The monoisotopic (exact) mass is 282 g/mol. The molecule has 0 saturated carbocycles. The average molecular weight is 282 g/mol. The molecule has 2 aromatic rings. The van der Waals surface area contributed by atoms with Gasteiger partial charge in [0.1, 0.15) is 5.52 Å². The first-order chi connectivity index (χ1) is 9.25. The first kappa shape index (κ1) is 14.8. The van der Waals surface area contributed by atoms with Gasteiger partial charge in [0.15, 0.2) is 17.5 Å². The fraction of sp³-hybridized carbons (Fsp3) is 0.400. The Kier molecular flexibility index (Phi) is 3.73. The van der Waals surface area contributed by atoms with E-state index >= 15 is 0 Å². The van der Waals surface area contributed by atoms with Gasteiger partial charge in [-0.2, -0.15) is 0 Å². The highest BCUT2D eigenvalue weighted by atomic mass is 19.2. The molecule has 0 spiro atoms. The van der Waals surface area contributed by atoms with Crippen LogP contribution in [0.1, 0.15) is 25.1 Å². The van der Waals surface area contributed by atoms with Crippen LogP contribution in [-0.2, 0) is 6.42 Å². The van der Waals surface area contributed by atoms with Crippen molar-refractivity contribution in [2.24, 2.45) is 11.1 Å². The van der Waals surface area contributed by atoms with Crippen LogP contribution in [-0.4, -0.2) is 11.5 Å². The van der Waals surface area contributed by atoms with Crippen molar-refractivity contribution < 1.29 is 13.2 Å². The largest absolute Gasteiger partial charge is 0.330 e. The predicted octanol–water partition coefficient (Wildman–Crippen LogP) is 3.49. The van der Waals surface area contributed by atoms with Crippen LogP contribution >= 0.6 is 0 Å². The highest BCUT2D eigenvalue weighted by Crippen LogP contribution is 2.27. The van der Waals surface area contributed by atoms with Crippen molar-refractivity contribution in [2.75, 3.05) is 6.54 Å². The first-order valence-electron chi connectivity index (χ1n) is 6.39. The number of halogens is 3. The van der Waals surface area contributed by atoms with Crippen LogP contribution < -0.4 is 5.73 Å². The van der Waals surface area contributed by atoms with Crippen LogP contribution in [0, 0.1) is 29.8 Å². The fourth-order valence-electron chi connectivity index (χ4n) is 2.15. The van der Waals surface area contributed by atoms with E-state index in [1.807, 2.05) is 13.8 Å². The third kappa shape index (κ3) is 2.63. The average Bonchev–Trinajstić information content (AvgIpc) is 2.37. The molecular weight excluding hydrogens is 265 g/mol. The zero-order valence-electron chi connectivity index (χ0n) is 11.7. The molecule has 2 nitrogen and oxygen atoms in total. The Bertz CT molecular complexity index is 666. The van der Waals surface area contributed by atoms with Gasteiger partial charge >= 0.3 is 0 Å². The Morgan fingerprint density at radius 2 is 1.80 bits per heavy atom. The minimum Gasteiger partial charge on any atom is -0.330 e. The molecule has 0 fully saturated rings. The maximum Gasteiger partial charge on any atom is 0.196 e. The molecule has 20 heavy (non-hydrogen) atoms. The highest BCUT2D eigenvalue weighted by molar-refractivity contribution is 5.83. The number of aryl methyl sites for hydroxylation is 1. The second-order valence-corrected chi connectivity index (χ2v) is 5.86. The smallest absolute Gasteiger partial charge is 0.196 e. The number of hydrogen-bond donors (Lipinski definition) is 1. The zero-order valence-corrected chi connectivity index (χ0v) is 11.7. The molecule has 0 unspecified atom stereocenters. The molecule has 2 N–H and O–H groups in total. The Morgan fingerprint density at radius 1 is 1.15 bits per heavy atom. The minimum atomic E-state index is -1.49. The van der Waals surface area contributed by atoms with Gasteiger partial charge in [0, 0.05) is 11.1 Å². The van der Waals surface area contributed by atoms with Crippen LogP contribution in [0.2, 0.25) is 0 Å². The van der Waals surface area contributed by atoms with Gasteiger partial charge in [-0.25, -0.2) is 18.2 Å². The van der Waals surface area contributed by atoms with Crippen molar-refractivity contribution in [2.45, 2.75) is 27.2 Å². The molecule has 0 saturated heterocycles. The highest BCUT2D eigenvalue weighted by Gasteiger charge is 2.20. The van der Waals surface area contributed by atoms with Crippen LogP contribution in [0.15, 0.2) is 12.1 Å². The third-order valence-electron chi connectivity index (χ3n) is 3.41. The normalized spacial score (nSPS) is 12.2. The number of aromatic nitrogens is 1. The predicted molar refractivity (Wildman–Crippen MR) is 72.9 cm³/mol. The van der Waals surface area contributed by atoms with Gasteiger partial charge in [-0.1, -0.05) is 13.8 Å². The van der Waals surface area contributed by atoms with Gasteiger partial charge in [0.25, 0.3) is 0 Å². The van der Waals surface area contributed by atoms with Gasteiger partial charge in [-0.3, -0.25) is 0 Å². The molecule has 0 radical (unpaired) electrons. The van der Waals surface area contributed by atoms with Crippen molar-refractivity contribution in [3.8, 4) is 0 Å². The zero-order chi connectivity index (χ0) is 15.1. The maximum atomic E-state index is 13.8. The van der Waals surface area contributed by atoms with Crippen molar-refractivity contribution in [1.82, 2.24) is 4.98 Å². The summed E-state index contributed by atoms with van der Waals surface area (Å²) in [5.74, 6) is -3.93. The van der Waals surface area contributed by atoms with E-state index < -0.39 is 17.5 Å². The summed E-state index contributed by atoms with van der Waals surface area (Å²) < 4.78 is 40.4. The lowest BCUT2D eigenvalue weighted by atomic mass is 9.87. The Hall–Kier alpha value is -1.62. The SMILES string of the molecule is Cc1cc(CC(C)(C)CN)nc2c(F)c(F)c(F)cc12. The number of nitrogens with zero attached hydrogens (tertiary/aromatic N) is 1. The molecule has 5 heteroatoms. The molecule has 0 bridgehead atoms. The van der Waals surface area contributed by atoms with Crippen LogP contribution in [0.3, 0.4) is 0 Å². The van der Waals surface area contributed by atoms with Gasteiger partial charge in [-0.05, 0) is 43.0 Å². The molecule has 0 atom stereocenters. The molecule has 1 heterocycles. The summed E-state index contributed by atoms with van der Waals surface area (Å²) in [7, 11) is 0. The van der Waals surface area contributed by atoms with Crippen LogP contribution in [0.25, 0.3) is 10.9 Å². The number of fused-ring (bicyclic) bond motifs is 1. The van der Waals surface area contributed by atoms with E-state index in [2.05, 4.69) is 4.98 Å². The third-order valence-corrected chi connectivity index (χ3v) is 3.41. The van der Waals surface area contributed by atoms with Crippen LogP contribution in [0.4, 0.5) is 13.2 Å². The number of pyridine rings is 1. The van der Waals surface area contributed by atoms with Gasteiger partial charge < -0.3 is 5.73 Å². The number of nitrogens with two attached hydrogens (primary N) is 1.